The molecule has 1 aliphatic rings. The molecule has 2 nitrogen and oxygen atoms in total. The molecule has 0 amide bonds. The molecule has 0 bridgehead atoms. The van der Waals surface area contributed by atoms with E-state index >= 15 is 0 Å². The number of hydrogen-bond acceptors (Lipinski definition) is 2. The van der Waals surface area contributed by atoms with Gasteiger partial charge in [-0.2, -0.15) is 0 Å². The van der Waals surface area contributed by atoms with Gasteiger partial charge in [0.1, 0.15) is 0 Å². The van der Waals surface area contributed by atoms with E-state index in [2.05, 4.69) is 23.3 Å². The Bertz CT molecular complexity index is 170. The molecule has 0 aromatic carbocycles. The van der Waals surface area contributed by atoms with E-state index in [1.165, 1.54) is 5.70 Å². The molecule has 0 aromatic heterocycles. The monoisotopic (exact) mass is 152 g/mol. The van der Waals surface area contributed by atoms with Gasteiger partial charge in [-0.05, 0) is 19.4 Å². The molecule has 0 saturated heterocycles. The van der Waals surface area contributed by atoms with Crippen molar-refractivity contribution in [1.82, 2.24) is 5.32 Å². The fraction of sp³-hybridized carbons (Fsp3) is 0.667. The Morgan fingerprint density at radius 3 is 3.09 bits per heavy atom. The van der Waals surface area contributed by atoms with Crippen molar-refractivity contribution < 1.29 is 0 Å². The van der Waals surface area contributed by atoms with E-state index < -0.39 is 0 Å². The normalized spacial score (nSPS) is 23.5. The quantitative estimate of drug-likeness (QED) is 0.652. The summed E-state index contributed by atoms with van der Waals surface area (Å²) in [6, 6.07) is 0. The van der Waals surface area contributed by atoms with Crippen LogP contribution in [0.15, 0.2) is 16.8 Å². The Hall–Kier alpha value is -0.630. The van der Waals surface area contributed by atoms with E-state index in [1.54, 1.807) is 0 Å². The summed E-state index contributed by atoms with van der Waals surface area (Å²) < 4.78 is 0. The van der Waals surface area contributed by atoms with E-state index in [4.69, 9.17) is 0 Å². The molecule has 0 fully saturated rings. The van der Waals surface area contributed by atoms with Crippen LogP contribution in [0.5, 0.6) is 0 Å². The van der Waals surface area contributed by atoms with Gasteiger partial charge in [-0.1, -0.05) is 13.0 Å². The van der Waals surface area contributed by atoms with Crippen molar-refractivity contribution in [3.8, 4) is 0 Å². The first-order chi connectivity index (χ1) is 5.33. The summed E-state index contributed by atoms with van der Waals surface area (Å²) in [5.41, 5.74) is 1.23. The first-order valence-electron chi connectivity index (χ1n) is 4.20. The van der Waals surface area contributed by atoms with Gasteiger partial charge in [0.2, 0.25) is 0 Å². The van der Waals surface area contributed by atoms with Crippen LogP contribution >= 0.6 is 0 Å². The zero-order valence-electron chi connectivity index (χ0n) is 7.30. The average molecular weight is 152 g/mol. The van der Waals surface area contributed by atoms with Crippen LogP contribution in [0.3, 0.4) is 0 Å². The molecule has 0 saturated carbocycles. The molecule has 1 aliphatic heterocycles. The van der Waals surface area contributed by atoms with Crippen LogP contribution in [0.25, 0.3) is 0 Å². The van der Waals surface area contributed by atoms with Crippen molar-refractivity contribution in [3.05, 3.63) is 11.8 Å². The second-order valence-corrected chi connectivity index (χ2v) is 3.04. The van der Waals surface area contributed by atoms with Crippen molar-refractivity contribution in [2.75, 3.05) is 13.6 Å². The van der Waals surface area contributed by atoms with Crippen molar-refractivity contribution in [1.29, 1.82) is 0 Å². The summed E-state index contributed by atoms with van der Waals surface area (Å²) in [6.45, 7) is 3.21. The fourth-order valence-electron chi connectivity index (χ4n) is 1.08. The molecule has 0 radical (unpaired) electrons. The minimum Gasteiger partial charge on any atom is -0.319 e. The summed E-state index contributed by atoms with van der Waals surface area (Å²) >= 11 is 0. The lowest BCUT2D eigenvalue weighted by molar-refractivity contribution is 0.740. The van der Waals surface area contributed by atoms with E-state index in [1.807, 2.05) is 13.3 Å². The molecule has 1 N–H and O–H groups in total. The lowest BCUT2D eigenvalue weighted by Crippen LogP contribution is -2.09. The van der Waals surface area contributed by atoms with Gasteiger partial charge < -0.3 is 5.32 Å². The fourth-order valence-corrected chi connectivity index (χ4v) is 1.08. The van der Waals surface area contributed by atoms with E-state index in [0.29, 0.717) is 5.92 Å². The Kier molecular flexibility index (Phi) is 3.30. The van der Waals surface area contributed by atoms with Gasteiger partial charge in [-0.3, -0.25) is 4.99 Å². The molecule has 2 heteroatoms. The molecule has 62 valence electrons. The third kappa shape index (κ3) is 2.85. The molecule has 0 spiro atoms. The molecule has 0 aromatic rings. The van der Waals surface area contributed by atoms with Gasteiger partial charge in [0, 0.05) is 24.9 Å². The molecule has 1 unspecified atom stereocenters. The number of hydrogen-bond donors (Lipinski definition) is 1. The standard InChI is InChI=1S/C9H16N2/c1-8-3-4-9(11-7-8)5-6-10-2/h4,7-8,10H,3,5-6H2,1-2H3. The predicted molar refractivity (Wildman–Crippen MR) is 48.9 cm³/mol. The molecular formula is C9H16N2. The molecular weight excluding hydrogens is 136 g/mol. The Morgan fingerprint density at radius 2 is 2.55 bits per heavy atom. The van der Waals surface area contributed by atoms with Gasteiger partial charge >= 0.3 is 0 Å². The second-order valence-electron chi connectivity index (χ2n) is 3.04. The first kappa shape index (κ1) is 8.47. The van der Waals surface area contributed by atoms with Crippen molar-refractivity contribution in [3.63, 3.8) is 0 Å². The summed E-state index contributed by atoms with van der Waals surface area (Å²) in [5.74, 6) is 0.633. The van der Waals surface area contributed by atoms with E-state index in [-0.39, 0.29) is 0 Å². The van der Waals surface area contributed by atoms with Crippen molar-refractivity contribution >= 4 is 6.21 Å². The smallest absolute Gasteiger partial charge is 0.0372 e. The predicted octanol–water partition coefficient (Wildman–Crippen LogP) is 1.59. The highest BCUT2D eigenvalue weighted by Crippen LogP contribution is 2.13. The topological polar surface area (TPSA) is 24.4 Å². The van der Waals surface area contributed by atoms with Gasteiger partial charge in [0.05, 0.1) is 0 Å². The maximum absolute atomic E-state index is 4.34. The summed E-state index contributed by atoms with van der Waals surface area (Å²) in [6.07, 6.45) is 6.50. The van der Waals surface area contributed by atoms with Crippen molar-refractivity contribution in [2.45, 2.75) is 19.8 Å². The van der Waals surface area contributed by atoms with Crippen LogP contribution in [-0.2, 0) is 0 Å². The number of aliphatic imine (C=N–C) groups is 1. The van der Waals surface area contributed by atoms with Gasteiger partial charge in [0.15, 0.2) is 0 Å². The maximum Gasteiger partial charge on any atom is 0.0372 e. The number of nitrogens with one attached hydrogen (secondary N) is 1. The van der Waals surface area contributed by atoms with Crippen LogP contribution in [0.2, 0.25) is 0 Å². The summed E-state index contributed by atoms with van der Waals surface area (Å²) in [5, 5.41) is 3.11. The Balaban J connectivity index is 2.31. The first-order valence-corrected chi connectivity index (χ1v) is 4.20. The Labute approximate surface area is 68.4 Å². The van der Waals surface area contributed by atoms with Crippen LogP contribution < -0.4 is 5.32 Å². The van der Waals surface area contributed by atoms with Gasteiger partial charge in [-0.15, -0.1) is 0 Å². The molecule has 1 atom stereocenters. The van der Waals surface area contributed by atoms with E-state index in [0.717, 1.165) is 19.4 Å². The molecule has 0 aliphatic carbocycles. The zero-order chi connectivity index (χ0) is 8.10. The lowest BCUT2D eigenvalue weighted by atomic mass is 10.1. The van der Waals surface area contributed by atoms with Crippen LogP contribution in [-0.4, -0.2) is 19.8 Å². The number of rotatable bonds is 3. The maximum atomic E-state index is 4.34. The largest absolute Gasteiger partial charge is 0.319 e. The summed E-state index contributed by atoms with van der Waals surface area (Å²) in [4.78, 5) is 4.34. The highest BCUT2D eigenvalue weighted by atomic mass is 14.8. The molecule has 1 rings (SSSR count). The highest BCUT2D eigenvalue weighted by molar-refractivity contribution is 5.63. The molecule has 1 heterocycles. The minimum absolute atomic E-state index is 0.633. The average Bonchev–Trinajstić information content (AvgIpc) is 2.04. The zero-order valence-corrected chi connectivity index (χ0v) is 7.30. The summed E-state index contributed by atoms with van der Waals surface area (Å²) in [7, 11) is 1.97. The third-order valence-electron chi connectivity index (χ3n) is 1.85. The Morgan fingerprint density at radius 1 is 1.73 bits per heavy atom. The van der Waals surface area contributed by atoms with Crippen molar-refractivity contribution in [2.24, 2.45) is 10.9 Å². The number of nitrogens with zero attached hydrogens (tertiary/aromatic N) is 1. The van der Waals surface area contributed by atoms with Crippen LogP contribution in [0, 0.1) is 5.92 Å². The third-order valence-corrected chi connectivity index (χ3v) is 1.85. The lowest BCUT2D eigenvalue weighted by Gasteiger charge is -2.10. The van der Waals surface area contributed by atoms with Crippen LogP contribution in [0.1, 0.15) is 19.8 Å². The highest BCUT2D eigenvalue weighted by Gasteiger charge is 2.03. The van der Waals surface area contributed by atoms with Crippen LogP contribution in [0.4, 0.5) is 0 Å². The van der Waals surface area contributed by atoms with E-state index in [9.17, 15) is 0 Å². The minimum atomic E-state index is 0.633. The SMILES string of the molecule is CNCCC1=CCC(C)C=N1. The molecule has 11 heavy (non-hydrogen) atoms. The van der Waals surface area contributed by atoms with Gasteiger partial charge in [0.25, 0.3) is 0 Å². The van der Waals surface area contributed by atoms with Gasteiger partial charge in [-0.25, -0.2) is 0 Å². The second kappa shape index (κ2) is 4.29. The number of allylic oxidation sites excluding steroid dienone is 1.